The molecule has 0 spiro atoms. The van der Waals surface area contributed by atoms with E-state index >= 15 is 0 Å². The second-order valence-electron chi connectivity index (χ2n) is 7.74. The molecule has 31 heavy (non-hydrogen) atoms. The van der Waals surface area contributed by atoms with Gasteiger partial charge in [-0.1, -0.05) is 6.92 Å². The zero-order valence-electron chi connectivity index (χ0n) is 17.3. The van der Waals surface area contributed by atoms with Crippen molar-refractivity contribution in [3.63, 3.8) is 0 Å². The molecule has 1 heterocycles. The molecule has 3 rings (SSSR count). The number of carboxylic acids is 1. The molecule has 1 saturated carbocycles. The highest BCUT2D eigenvalue weighted by Crippen LogP contribution is 2.35. The number of nitrogens with two attached hydrogens (primary N) is 1. The third-order valence-corrected chi connectivity index (χ3v) is 5.76. The van der Waals surface area contributed by atoms with Crippen molar-refractivity contribution in [3.05, 3.63) is 53.9 Å². The molecule has 9 heteroatoms. The molecule has 2 amide bonds. The monoisotopic (exact) mass is 424 g/mol. The van der Waals surface area contributed by atoms with Crippen molar-refractivity contribution < 1.29 is 19.5 Å². The van der Waals surface area contributed by atoms with Gasteiger partial charge in [0.15, 0.2) is 0 Å². The fourth-order valence-electron chi connectivity index (χ4n) is 3.64. The lowest BCUT2D eigenvalue weighted by Gasteiger charge is -2.34. The van der Waals surface area contributed by atoms with Crippen LogP contribution in [0.2, 0.25) is 0 Å². The number of hydrogen-bond acceptors (Lipinski definition) is 5. The Hall–Kier alpha value is -3.62. The number of aromatic nitrogens is 1. The number of carboxylic acid groups (broad SMARTS) is 1. The summed E-state index contributed by atoms with van der Waals surface area (Å²) in [4.78, 5) is 36.6. The molecule has 5 N–H and O–H groups in total. The topological polar surface area (TPSA) is 153 Å². The molecular weight excluding hydrogens is 398 g/mol. The van der Waals surface area contributed by atoms with Crippen LogP contribution >= 0.6 is 0 Å². The van der Waals surface area contributed by atoms with Gasteiger partial charge in [-0.3, -0.25) is 25.1 Å². The van der Waals surface area contributed by atoms with Crippen LogP contribution in [0.25, 0.3) is 0 Å². The van der Waals surface area contributed by atoms with Crippen LogP contribution in [0.1, 0.15) is 37.4 Å². The highest BCUT2D eigenvalue weighted by atomic mass is 16.4. The molecule has 0 aliphatic heterocycles. The number of anilines is 1. The molecule has 0 bridgehead atoms. The van der Waals surface area contributed by atoms with E-state index in [9.17, 15) is 19.5 Å². The van der Waals surface area contributed by atoms with E-state index in [1.165, 1.54) is 4.68 Å². The number of nitrogens with zero attached hydrogens (tertiary/aromatic N) is 1. The number of nitrogen functional groups attached to an aromatic ring is 1. The van der Waals surface area contributed by atoms with Crippen LogP contribution in [0.3, 0.4) is 0 Å². The summed E-state index contributed by atoms with van der Waals surface area (Å²) in [6.07, 6.45) is 3.53. The van der Waals surface area contributed by atoms with E-state index in [1.54, 1.807) is 49.5 Å². The zero-order chi connectivity index (χ0) is 22.5. The van der Waals surface area contributed by atoms with Gasteiger partial charge in [-0.2, -0.15) is 0 Å². The van der Waals surface area contributed by atoms with E-state index in [0.717, 1.165) is 0 Å². The Bertz CT molecular complexity index is 982. The number of amidine groups is 1. The Morgan fingerprint density at radius 3 is 2.35 bits per heavy atom. The van der Waals surface area contributed by atoms with Gasteiger partial charge in [0, 0.05) is 40.9 Å². The van der Waals surface area contributed by atoms with Crippen LogP contribution < -0.4 is 21.6 Å². The summed E-state index contributed by atoms with van der Waals surface area (Å²) in [7, 11) is 0. The molecule has 2 aromatic rings. The Morgan fingerprint density at radius 2 is 1.81 bits per heavy atom. The summed E-state index contributed by atoms with van der Waals surface area (Å²) in [5.74, 6) is -3.23. The molecule has 3 atom stereocenters. The van der Waals surface area contributed by atoms with Gasteiger partial charge < -0.3 is 21.0 Å². The van der Waals surface area contributed by atoms with E-state index in [0.29, 0.717) is 36.2 Å². The number of nitrogens with one attached hydrogen (secondary N) is 3. The van der Waals surface area contributed by atoms with Crippen molar-refractivity contribution in [3.8, 4) is 0 Å². The number of benzene rings is 1. The second-order valence-corrected chi connectivity index (χ2v) is 7.74. The van der Waals surface area contributed by atoms with Crippen LogP contribution in [0, 0.1) is 23.2 Å². The highest BCUT2D eigenvalue weighted by Gasteiger charge is 2.41. The molecule has 1 aromatic heterocycles. The highest BCUT2D eigenvalue weighted by molar-refractivity contribution is 5.99. The van der Waals surface area contributed by atoms with Crippen molar-refractivity contribution in [1.82, 2.24) is 4.68 Å². The van der Waals surface area contributed by atoms with Crippen LogP contribution in [0.15, 0.2) is 42.6 Å². The third-order valence-electron chi connectivity index (χ3n) is 5.76. The zero-order valence-corrected chi connectivity index (χ0v) is 17.3. The average molecular weight is 424 g/mol. The minimum atomic E-state index is -1.12. The third kappa shape index (κ3) is 5.11. The van der Waals surface area contributed by atoms with Crippen LogP contribution in [0.5, 0.6) is 0 Å². The van der Waals surface area contributed by atoms with Crippen molar-refractivity contribution in [2.75, 3.05) is 10.7 Å². The molecule has 9 nitrogen and oxygen atoms in total. The van der Waals surface area contributed by atoms with E-state index in [2.05, 4.69) is 10.7 Å². The number of amides is 2. The molecule has 1 fully saturated rings. The summed E-state index contributed by atoms with van der Waals surface area (Å²) < 4.78 is 1.52. The van der Waals surface area contributed by atoms with Gasteiger partial charge in [-0.05, 0) is 62.1 Å². The maximum absolute atomic E-state index is 12.7. The number of rotatable bonds is 9. The van der Waals surface area contributed by atoms with E-state index in [4.69, 9.17) is 11.1 Å². The normalized spacial score (nSPS) is 18.5. The minimum absolute atomic E-state index is 0.0529. The smallest absolute Gasteiger partial charge is 0.242 e. The largest absolute Gasteiger partial charge is 0.550 e. The summed E-state index contributed by atoms with van der Waals surface area (Å²) in [5, 5.41) is 21.4. The molecule has 0 saturated heterocycles. The van der Waals surface area contributed by atoms with Gasteiger partial charge in [0.1, 0.15) is 5.84 Å². The Kier molecular flexibility index (Phi) is 6.74. The number of aliphatic carboxylic acids is 1. The van der Waals surface area contributed by atoms with E-state index in [1.807, 2.05) is 0 Å². The number of hydrogen-bond donors (Lipinski definition) is 4. The lowest BCUT2D eigenvalue weighted by atomic mass is 9.72. The van der Waals surface area contributed by atoms with Crippen LogP contribution in [0.4, 0.5) is 5.69 Å². The predicted molar refractivity (Wildman–Crippen MR) is 114 cm³/mol. The summed E-state index contributed by atoms with van der Waals surface area (Å²) in [6.45, 7) is 1.78. The lowest BCUT2D eigenvalue weighted by molar-refractivity contribution is -0.311. The minimum Gasteiger partial charge on any atom is -0.550 e. The van der Waals surface area contributed by atoms with Crippen molar-refractivity contribution in [2.24, 2.45) is 23.5 Å². The first-order chi connectivity index (χ1) is 14.8. The Morgan fingerprint density at radius 1 is 1.16 bits per heavy atom. The maximum Gasteiger partial charge on any atom is 0.242 e. The molecule has 3 unspecified atom stereocenters. The first kappa shape index (κ1) is 22.1. The van der Waals surface area contributed by atoms with Crippen molar-refractivity contribution in [1.29, 1.82) is 5.41 Å². The van der Waals surface area contributed by atoms with Gasteiger partial charge in [-0.15, -0.1) is 0 Å². The van der Waals surface area contributed by atoms with Gasteiger partial charge in [0.2, 0.25) is 11.8 Å². The van der Waals surface area contributed by atoms with Crippen molar-refractivity contribution in [2.45, 2.75) is 32.6 Å². The fraction of sp³-hybridized carbons (Fsp3) is 0.364. The van der Waals surface area contributed by atoms with Crippen molar-refractivity contribution >= 4 is 29.3 Å². The Labute approximate surface area is 180 Å². The quantitative estimate of drug-likeness (QED) is 0.347. The lowest BCUT2D eigenvalue weighted by Crippen LogP contribution is -2.45. The first-order valence-electron chi connectivity index (χ1n) is 10.2. The van der Waals surface area contributed by atoms with E-state index in [-0.39, 0.29) is 24.1 Å². The molecular formula is C22H26N5O4-. The molecule has 0 radical (unpaired) electrons. The predicted octanol–water partition coefficient (Wildman–Crippen LogP) is 0.826. The van der Waals surface area contributed by atoms with E-state index < -0.39 is 23.7 Å². The van der Waals surface area contributed by atoms with Crippen LogP contribution in [-0.4, -0.2) is 28.3 Å². The first-order valence-corrected chi connectivity index (χ1v) is 10.2. The summed E-state index contributed by atoms with van der Waals surface area (Å²) in [5.41, 5.74) is 10.00. The van der Waals surface area contributed by atoms with Crippen LogP contribution in [-0.2, 0) is 20.8 Å². The standard InChI is InChI=1S/C22H27N5O4/c1-2-13(22(30)31)12-16-4-3-11-27(16)26-21(29)18-10-9-17(18)20(28)25-15-7-5-14(6-8-15)19(23)24/h3-8,11,13,17-18H,2,9-10,12H2,1H3,(H3,23,24)(H,25,28)(H,26,29)(H,30,31)/p-1. The Balaban J connectivity index is 1.59. The molecule has 1 aromatic carbocycles. The van der Waals surface area contributed by atoms with Gasteiger partial charge in [0.25, 0.3) is 0 Å². The second kappa shape index (κ2) is 9.46. The molecule has 1 aliphatic rings. The SMILES string of the molecule is CCC(Cc1cccn1NC(=O)C1CCC1C(=O)Nc1ccc(C(=N)N)cc1)C(=O)[O-]. The molecule has 164 valence electrons. The number of carbonyl (C=O) groups is 3. The summed E-state index contributed by atoms with van der Waals surface area (Å²) >= 11 is 0. The number of carbonyl (C=O) groups excluding carboxylic acids is 3. The fourth-order valence-corrected chi connectivity index (χ4v) is 3.64. The summed E-state index contributed by atoms with van der Waals surface area (Å²) in [6, 6.07) is 10.1. The maximum atomic E-state index is 12.7. The van der Waals surface area contributed by atoms with Gasteiger partial charge in [-0.25, -0.2) is 0 Å². The molecule has 1 aliphatic carbocycles. The average Bonchev–Trinajstić information content (AvgIpc) is 3.11. The van der Waals surface area contributed by atoms with Gasteiger partial charge >= 0.3 is 0 Å². The van der Waals surface area contributed by atoms with Gasteiger partial charge in [0.05, 0.1) is 5.92 Å².